The minimum Gasteiger partial charge on any atom is -0.488 e. The summed E-state index contributed by atoms with van der Waals surface area (Å²) < 4.78 is 25.3. The lowest BCUT2D eigenvalue weighted by atomic mass is 9.98. The Labute approximate surface area is 131 Å². The highest BCUT2D eigenvalue weighted by Crippen LogP contribution is 2.31. The van der Waals surface area contributed by atoms with E-state index in [1.807, 2.05) is 18.2 Å². The predicted molar refractivity (Wildman–Crippen MR) is 82.8 cm³/mol. The summed E-state index contributed by atoms with van der Waals surface area (Å²) in [5.41, 5.74) is 8.63. The van der Waals surface area contributed by atoms with Gasteiger partial charge in [0.05, 0.1) is 16.8 Å². The van der Waals surface area contributed by atoms with Gasteiger partial charge in [-0.25, -0.2) is 4.39 Å². The lowest BCUT2D eigenvalue weighted by Gasteiger charge is -2.26. The standard InChI is InChI=1S/C16H15BrFNO2/c17-12-7-14(19)15(8-13(12)18)21-9-16-11-4-2-1-3-10(11)5-6-20-16/h1-4,7-8,16H,5-6,9,19H2. The third-order valence-corrected chi connectivity index (χ3v) is 4.14. The van der Waals surface area contributed by atoms with E-state index in [0.717, 1.165) is 12.0 Å². The molecule has 3 nitrogen and oxygen atoms in total. The van der Waals surface area contributed by atoms with Crippen LogP contribution in [-0.2, 0) is 11.2 Å². The normalized spacial score (nSPS) is 17.3. The van der Waals surface area contributed by atoms with Gasteiger partial charge in [0.2, 0.25) is 0 Å². The first-order chi connectivity index (χ1) is 10.1. The average Bonchev–Trinajstić information content (AvgIpc) is 2.49. The highest BCUT2D eigenvalue weighted by atomic mass is 79.9. The van der Waals surface area contributed by atoms with Crippen molar-refractivity contribution in [2.45, 2.75) is 12.5 Å². The molecule has 2 N–H and O–H groups in total. The molecule has 0 radical (unpaired) electrons. The topological polar surface area (TPSA) is 44.5 Å². The van der Waals surface area contributed by atoms with Gasteiger partial charge in [0, 0.05) is 6.07 Å². The average molecular weight is 352 g/mol. The molecule has 3 rings (SSSR count). The van der Waals surface area contributed by atoms with Crippen LogP contribution in [0.2, 0.25) is 0 Å². The number of hydrogen-bond donors (Lipinski definition) is 1. The number of nitrogen functional groups attached to an aromatic ring is 1. The lowest BCUT2D eigenvalue weighted by molar-refractivity contribution is 0.0103. The van der Waals surface area contributed by atoms with Gasteiger partial charge in [-0.15, -0.1) is 0 Å². The van der Waals surface area contributed by atoms with E-state index in [-0.39, 0.29) is 6.10 Å². The number of anilines is 1. The van der Waals surface area contributed by atoms with Crippen molar-refractivity contribution >= 4 is 21.6 Å². The van der Waals surface area contributed by atoms with Crippen molar-refractivity contribution in [1.82, 2.24) is 0 Å². The van der Waals surface area contributed by atoms with Gasteiger partial charge in [0.25, 0.3) is 0 Å². The Bertz CT molecular complexity index is 663. The molecule has 110 valence electrons. The molecule has 1 aliphatic heterocycles. The van der Waals surface area contributed by atoms with Crippen molar-refractivity contribution in [3.8, 4) is 5.75 Å². The maximum Gasteiger partial charge on any atom is 0.145 e. The van der Waals surface area contributed by atoms with Crippen molar-refractivity contribution in [2.75, 3.05) is 18.9 Å². The van der Waals surface area contributed by atoms with Crippen LogP contribution in [0.1, 0.15) is 17.2 Å². The molecule has 0 saturated heterocycles. The zero-order valence-corrected chi connectivity index (χ0v) is 12.9. The molecular formula is C16H15BrFNO2. The van der Waals surface area contributed by atoms with E-state index >= 15 is 0 Å². The van der Waals surface area contributed by atoms with Crippen molar-refractivity contribution in [3.05, 3.63) is 57.8 Å². The fraction of sp³-hybridized carbons (Fsp3) is 0.250. The highest BCUT2D eigenvalue weighted by molar-refractivity contribution is 9.10. The highest BCUT2D eigenvalue weighted by Gasteiger charge is 2.21. The zero-order chi connectivity index (χ0) is 14.8. The largest absolute Gasteiger partial charge is 0.488 e. The number of ether oxygens (including phenoxy) is 2. The second kappa shape index (κ2) is 6.03. The van der Waals surface area contributed by atoms with E-state index in [1.54, 1.807) is 0 Å². The summed E-state index contributed by atoms with van der Waals surface area (Å²) in [6.07, 6.45) is 0.753. The molecule has 2 aromatic rings. The van der Waals surface area contributed by atoms with Crippen LogP contribution >= 0.6 is 15.9 Å². The third kappa shape index (κ3) is 3.04. The summed E-state index contributed by atoms with van der Waals surface area (Å²) in [6, 6.07) is 10.9. The van der Waals surface area contributed by atoms with Crippen LogP contribution < -0.4 is 10.5 Å². The van der Waals surface area contributed by atoms with Crippen molar-refractivity contribution < 1.29 is 13.9 Å². The van der Waals surface area contributed by atoms with Gasteiger partial charge < -0.3 is 15.2 Å². The smallest absolute Gasteiger partial charge is 0.145 e. The molecule has 0 aliphatic carbocycles. The number of halogens is 2. The van der Waals surface area contributed by atoms with Crippen LogP contribution in [0.5, 0.6) is 5.75 Å². The predicted octanol–water partition coefficient (Wildman–Crippen LogP) is 3.86. The van der Waals surface area contributed by atoms with Gasteiger partial charge in [-0.1, -0.05) is 24.3 Å². The Kier molecular flexibility index (Phi) is 4.12. The summed E-state index contributed by atoms with van der Waals surface area (Å²) in [5.74, 6) is -0.0634. The first-order valence-electron chi connectivity index (χ1n) is 6.72. The monoisotopic (exact) mass is 351 g/mol. The van der Waals surface area contributed by atoms with E-state index in [2.05, 4.69) is 22.0 Å². The van der Waals surface area contributed by atoms with E-state index in [0.29, 0.717) is 29.1 Å². The Morgan fingerprint density at radius 3 is 3.00 bits per heavy atom. The minimum absolute atomic E-state index is 0.152. The molecule has 0 spiro atoms. The minimum atomic E-state index is -0.399. The number of benzene rings is 2. The molecule has 21 heavy (non-hydrogen) atoms. The molecule has 0 amide bonds. The van der Waals surface area contributed by atoms with Crippen LogP contribution in [0.4, 0.5) is 10.1 Å². The van der Waals surface area contributed by atoms with Gasteiger partial charge in [-0.05, 0) is 39.5 Å². The van der Waals surface area contributed by atoms with Crippen molar-refractivity contribution in [1.29, 1.82) is 0 Å². The molecule has 0 saturated carbocycles. The molecule has 0 aromatic heterocycles. The lowest BCUT2D eigenvalue weighted by Crippen LogP contribution is -2.21. The number of rotatable bonds is 3. The van der Waals surface area contributed by atoms with Gasteiger partial charge >= 0.3 is 0 Å². The van der Waals surface area contributed by atoms with Crippen molar-refractivity contribution in [3.63, 3.8) is 0 Å². The number of nitrogens with two attached hydrogens (primary N) is 1. The first-order valence-corrected chi connectivity index (χ1v) is 7.51. The van der Waals surface area contributed by atoms with Crippen LogP contribution in [0, 0.1) is 5.82 Å². The molecule has 1 aliphatic rings. The maximum atomic E-state index is 13.6. The number of hydrogen-bond acceptors (Lipinski definition) is 3. The third-order valence-electron chi connectivity index (χ3n) is 3.54. The van der Waals surface area contributed by atoms with Gasteiger partial charge in [0.15, 0.2) is 0 Å². The summed E-state index contributed by atoms with van der Waals surface area (Å²) in [4.78, 5) is 0. The van der Waals surface area contributed by atoms with Crippen LogP contribution in [0.15, 0.2) is 40.9 Å². The molecular weight excluding hydrogens is 337 g/mol. The summed E-state index contributed by atoms with van der Waals surface area (Å²) in [6.45, 7) is 0.970. The Hall–Kier alpha value is -1.59. The SMILES string of the molecule is Nc1cc(Br)c(F)cc1OCC1OCCc2ccccc21. The van der Waals surface area contributed by atoms with E-state index in [4.69, 9.17) is 15.2 Å². The Morgan fingerprint density at radius 2 is 2.14 bits per heavy atom. The second-order valence-corrected chi connectivity index (χ2v) is 5.78. The molecule has 0 fully saturated rings. The van der Waals surface area contributed by atoms with Crippen molar-refractivity contribution in [2.24, 2.45) is 0 Å². The Morgan fingerprint density at radius 1 is 1.33 bits per heavy atom. The van der Waals surface area contributed by atoms with Gasteiger partial charge in [-0.2, -0.15) is 0 Å². The van der Waals surface area contributed by atoms with E-state index in [9.17, 15) is 4.39 Å². The van der Waals surface area contributed by atoms with Gasteiger partial charge in [-0.3, -0.25) is 0 Å². The van der Waals surface area contributed by atoms with E-state index in [1.165, 1.54) is 17.7 Å². The van der Waals surface area contributed by atoms with Crippen LogP contribution in [-0.4, -0.2) is 13.2 Å². The molecule has 2 aromatic carbocycles. The van der Waals surface area contributed by atoms with Gasteiger partial charge in [0.1, 0.15) is 24.3 Å². The summed E-state index contributed by atoms with van der Waals surface area (Å²) in [7, 11) is 0. The molecule has 1 unspecified atom stereocenters. The maximum absolute atomic E-state index is 13.6. The zero-order valence-electron chi connectivity index (χ0n) is 11.3. The quantitative estimate of drug-likeness (QED) is 0.853. The van der Waals surface area contributed by atoms with E-state index < -0.39 is 5.82 Å². The number of fused-ring (bicyclic) bond motifs is 1. The fourth-order valence-corrected chi connectivity index (χ4v) is 2.81. The molecule has 5 heteroatoms. The molecule has 1 atom stereocenters. The first kappa shape index (κ1) is 14.4. The summed E-state index contributed by atoms with van der Waals surface area (Å²) >= 11 is 3.09. The molecule has 0 bridgehead atoms. The fourth-order valence-electron chi connectivity index (χ4n) is 2.45. The van der Waals surface area contributed by atoms with Crippen LogP contribution in [0.25, 0.3) is 0 Å². The van der Waals surface area contributed by atoms with Crippen LogP contribution in [0.3, 0.4) is 0 Å². The second-order valence-electron chi connectivity index (χ2n) is 4.92. The summed E-state index contributed by atoms with van der Waals surface area (Å²) in [5, 5.41) is 0. The Balaban J connectivity index is 1.76. The molecule has 1 heterocycles.